The molecule has 23 heavy (non-hydrogen) atoms. The highest BCUT2D eigenvalue weighted by molar-refractivity contribution is 5.54. The summed E-state index contributed by atoms with van der Waals surface area (Å²) >= 11 is 0. The quantitative estimate of drug-likeness (QED) is 0.694. The van der Waals surface area contributed by atoms with Crippen LogP contribution in [0.3, 0.4) is 0 Å². The Labute approximate surface area is 135 Å². The second-order valence-electron chi connectivity index (χ2n) is 5.41. The smallest absolute Gasteiger partial charge is 0.226 e. The molecular formula is C19H19NO3. The first-order valence-corrected chi connectivity index (χ1v) is 7.44. The lowest BCUT2D eigenvalue weighted by Crippen LogP contribution is -1.96. The summed E-state index contributed by atoms with van der Waals surface area (Å²) in [6.07, 6.45) is 1.63. The summed E-state index contributed by atoms with van der Waals surface area (Å²) in [6.45, 7) is 4.53. The van der Waals surface area contributed by atoms with Crippen LogP contribution in [0.25, 0.3) is 11.5 Å². The lowest BCUT2D eigenvalue weighted by molar-refractivity contribution is 0.300. The van der Waals surface area contributed by atoms with E-state index in [4.69, 9.17) is 13.9 Å². The monoisotopic (exact) mass is 309 g/mol. The van der Waals surface area contributed by atoms with Gasteiger partial charge >= 0.3 is 0 Å². The Kier molecular flexibility index (Phi) is 4.33. The van der Waals surface area contributed by atoms with Crippen LogP contribution in [-0.2, 0) is 6.61 Å². The minimum atomic E-state index is 0.377. The molecule has 0 saturated carbocycles. The average Bonchev–Trinajstić information content (AvgIpc) is 3.05. The van der Waals surface area contributed by atoms with E-state index < -0.39 is 0 Å². The molecule has 1 aromatic heterocycles. The number of nitrogens with zero attached hydrogens (tertiary/aromatic N) is 1. The van der Waals surface area contributed by atoms with E-state index in [1.165, 1.54) is 11.1 Å². The van der Waals surface area contributed by atoms with Gasteiger partial charge in [0.1, 0.15) is 30.1 Å². The number of ether oxygens (including phenoxy) is 2. The summed E-state index contributed by atoms with van der Waals surface area (Å²) < 4.78 is 16.4. The first-order valence-electron chi connectivity index (χ1n) is 7.44. The van der Waals surface area contributed by atoms with Gasteiger partial charge in [0.25, 0.3) is 0 Å². The summed E-state index contributed by atoms with van der Waals surface area (Å²) in [5.74, 6) is 2.21. The third-order valence-corrected chi connectivity index (χ3v) is 3.75. The molecule has 0 atom stereocenters. The number of oxazole rings is 1. The highest BCUT2D eigenvalue weighted by Crippen LogP contribution is 2.23. The van der Waals surface area contributed by atoms with Crippen molar-refractivity contribution in [2.75, 3.05) is 7.11 Å². The van der Waals surface area contributed by atoms with Crippen LogP contribution >= 0.6 is 0 Å². The number of rotatable bonds is 5. The van der Waals surface area contributed by atoms with E-state index in [-0.39, 0.29) is 0 Å². The second kappa shape index (κ2) is 6.57. The van der Waals surface area contributed by atoms with E-state index in [0.29, 0.717) is 12.5 Å². The van der Waals surface area contributed by atoms with Crippen LogP contribution in [0.15, 0.2) is 53.1 Å². The molecule has 2 aromatic carbocycles. The SMILES string of the molecule is COc1ccc(-c2nc(COc3ccc(C)c(C)c3)co2)cc1. The van der Waals surface area contributed by atoms with Crippen molar-refractivity contribution < 1.29 is 13.9 Å². The van der Waals surface area contributed by atoms with E-state index in [1.54, 1.807) is 13.4 Å². The molecule has 0 radical (unpaired) electrons. The van der Waals surface area contributed by atoms with Crippen LogP contribution in [0.5, 0.6) is 11.5 Å². The standard InChI is InChI=1S/C19H19NO3/c1-13-4-7-18(10-14(13)2)22-11-16-12-23-19(20-16)15-5-8-17(21-3)9-6-15/h4-10,12H,11H2,1-3H3. The van der Waals surface area contributed by atoms with Gasteiger partial charge in [-0.1, -0.05) is 6.07 Å². The van der Waals surface area contributed by atoms with Crippen molar-refractivity contribution in [1.29, 1.82) is 0 Å². The molecule has 3 rings (SSSR count). The molecule has 4 heteroatoms. The summed E-state index contributed by atoms with van der Waals surface area (Å²) in [6, 6.07) is 13.6. The van der Waals surface area contributed by atoms with Crippen LogP contribution in [0.1, 0.15) is 16.8 Å². The van der Waals surface area contributed by atoms with Crippen molar-refractivity contribution in [2.45, 2.75) is 20.5 Å². The molecular weight excluding hydrogens is 290 g/mol. The van der Waals surface area contributed by atoms with Crippen molar-refractivity contribution in [3.63, 3.8) is 0 Å². The minimum Gasteiger partial charge on any atom is -0.497 e. The predicted molar refractivity (Wildman–Crippen MR) is 88.7 cm³/mol. The summed E-state index contributed by atoms with van der Waals surface area (Å²) in [5, 5.41) is 0. The van der Waals surface area contributed by atoms with Crippen LogP contribution < -0.4 is 9.47 Å². The van der Waals surface area contributed by atoms with Gasteiger partial charge in [0.05, 0.1) is 7.11 Å². The van der Waals surface area contributed by atoms with E-state index in [9.17, 15) is 0 Å². The van der Waals surface area contributed by atoms with Gasteiger partial charge in [0.2, 0.25) is 5.89 Å². The van der Waals surface area contributed by atoms with E-state index >= 15 is 0 Å². The van der Waals surface area contributed by atoms with E-state index in [1.807, 2.05) is 36.4 Å². The van der Waals surface area contributed by atoms with Crippen molar-refractivity contribution >= 4 is 0 Å². The highest BCUT2D eigenvalue weighted by Gasteiger charge is 2.08. The molecule has 0 saturated heterocycles. The topological polar surface area (TPSA) is 44.5 Å². The molecule has 0 bridgehead atoms. The van der Waals surface area contributed by atoms with Crippen LogP contribution in [0.4, 0.5) is 0 Å². The van der Waals surface area contributed by atoms with Crippen LogP contribution in [0, 0.1) is 13.8 Å². The third kappa shape index (κ3) is 3.54. The lowest BCUT2D eigenvalue weighted by Gasteiger charge is -2.06. The summed E-state index contributed by atoms with van der Waals surface area (Å²) in [4.78, 5) is 4.46. The van der Waals surface area contributed by atoms with Crippen molar-refractivity contribution in [3.05, 3.63) is 65.5 Å². The molecule has 0 amide bonds. The van der Waals surface area contributed by atoms with Crippen LogP contribution in [-0.4, -0.2) is 12.1 Å². The van der Waals surface area contributed by atoms with Crippen LogP contribution in [0.2, 0.25) is 0 Å². The Bertz CT molecular complexity index is 791. The summed E-state index contributed by atoms with van der Waals surface area (Å²) in [5.41, 5.74) is 4.12. The number of hydrogen-bond donors (Lipinski definition) is 0. The molecule has 1 heterocycles. The van der Waals surface area contributed by atoms with Gasteiger partial charge in [-0.2, -0.15) is 0 Å². The molecule has 3 aromatic rings. The predicted octanol–water partition coefficient (Wildman–Crippen LogP) is 4.55. The van der Waals surface area contributed by atoms with Gasteiger partial charge in [0.15, 0.2) is 0 Å². The lowest BCUT2D eigenvalue weighted by atomic mass is 10.1. The molecule has 0 N–H and O–H groups in total. The Morgan fingerprint density at radius 2 is 1.70 bits per heavy atom. The Hall–Kier alpha value is -2.75. The van der Waals surface area contributed by atoms with Gasteiger partial charge in [-0.3, -0.25) is 0 Å². The first-order chi connectivity index (χ1) is 11.2. The van der Waals surface area contributed by atoms with Gasteiger partial charge in [0, 0.05) is 5.56 Å². The maximum Gasteiger partial charge on any atom is 0.226 e. The maximum atomic E-state index is 5.77. The van der Waals surface area contributed by atoms with Gasteiger partial charge < -0.3 is 13.9 Å². The molecule has 0 aliphatic carbocycles. The fraction of sp³-hybridized carbons (Fsp3) is 0.211. The maximum absolute atomic E-state index is 5.77. The van der Waals surface area contributed by atoms with Crippen molar-refractivity contribution in [3.8, 4) is 23.0 Å². The highest BCUT2D eigenvalue weighted by atomic mass is 16.5. The molecule has 0 fully saturated rings. The number of methoxy groups -OCH3 is 1. The fourth-order valence-corrected chi connectivity index (χ4v) is 2.20. The Morgan fingerprint density at radius 3 is 2.39 bits per heavy atom. The molecule has 0 unspecified atom stereocenters. The summed E-state index contributed by atoms with van der Waals surface area (Å²) in [7, 11) is 1.64. The Morgan fingerprint density at radius 1 is 0.957 bits per heavy atom. The minimum absolute atomic E-state index is 0.377. The first kappa shape index (κ1) is 15.2. The zero-order valence-corrected chi connectivity index (χ0v) is 13.5. The number of aryl methyl sites for hydroxylation is 2. The molecule has 4 nitrogen and oxygen atoms in total. The van der Waals surface area contributed by atoms with Gasteiger partial charge in [-0.25, -0.2) is 4.98 Å². The number of benzene rings is 2. The second-order valence-corrected chi connectivity index (χ2v) is 5.41. The van der Waals surface area contributed by atoms with Gasteiger partial charge in [-0.05, 0) is 61.4 Å². The van der Waals surface area contributed by atoms with E-state index in [0.717, 1.165) is 22.8 Å². The zero-order valence-electron chi connectivity index (χ0n) is 13.5. The normalized spacial score (nSPS) is 10.6. The zero-order chi connectivity index (χ0) is 16.2. The van der Waals surface area contributed by atoms with Gasteiger partial charge in [-0.15, -0.1) is 0 Å². The largest absolute Gasteiger partial charge is 0.497 e. The average molecular weight is 309 g/mol. The molecule has 0 aliphatic heterocycles. The van der Waals surface area contributed by atoms with Crippen molar-refractivity contribution in [2.24, 2.45) is 0 Å². The number of hydrogen-bond acceptors (Lipinski definition) is 4. The fourth-order valence-electron chi connectivity index (χ4n) is 2.20. The molecule has 0 spiro atoms. The third-order valence-electron chi connectivity index (χ3n) is 3.75. The molecule has 118 valence electrons. The molecule has 0 aliphatic rings. The number of aromatic nitrogens is 1. The van der Waals surface area contributed by atoms with Crippen molar-refractivity contribution in [1.82, 2.24) is 4.98 Å². The Balaban J connectivity index is 1.67. The van der Waals surface area contributed by atoms with E-state index in [2.05, 4.69) is 24.9 Å².